The normalized spacial score (nSPS) is 16.7. The third-order valence-corrected chi connectivity index (χ3v) is 5.35. The van der Waals surface area contributed by atoms with Gasteiger partial charge in [-0.15, -0.1) is 0 Å². The lowest BCUT2D eigenvalue weighted by Gasteiger charge is -2.17. The Bertz CT molecular complexity index is 967. The molecule has 0 bridgehead atoms. The van der Waals surface area contributed by atoms with E-state index < -0.39 is 0 Å². The molecule has 0 radical (unpaired) electrons. The van der Waals surface area contributed by atoms with Crippen molar-refractivity contribution in [2.45, 2.75) is 33.2 Å². The molecule has 2 aromatic heterocycles. The van der Waals surface area contributed by atoms with Gasteiger partial charge in [-0.3, -0.25) is 4.79 Å². The summed E-state index contributed by atoms with van der Waals surface area (Å²) in [6.45, 7) is 6.96. The molecule has 3 aromatic rings. The predicted molar refractivity (Wildman–Crippen MR) is 113 cm³/mol. The summed E-state index contributed by atoms with van der Waals surface area (Å²) in [4.78, 5) is 23.9. The molecule has 0 unspecified atom stereocenters. The Balaban J connectivity index is 1.39. The summed E-state index contributed by atoms with van der Waals surface area (Å²) in [5.41, 5.74) is 1.91. The fraction of sp³-hybridized carbons (Fsp3) is 0.435. The van der Waals surface area contributed by atoms with Crippen LogP contribution in [-0.2, 0) is 17.8 Å². The number of hydrogen-bond donors (Lipinski definition) is 0. The van der Waals surface area contributed by atoms with Crippen molar-refractivity contribution in [1.29, 1.82) is 0 Å². The molecule has 1 aliphatic rings. The summed E-state index contributed by atoms with van der Waals surface area (Å²) in [5, 5.41) is 0. The van der Waals surface area contributed by atoms with E-state index in [0.29, 0.717) is 11.8 Å². The van der Waals surface area contributed by atoms with Gasteiger partial charge in [-0.25, -0.2) is 9.97 Å². The van der Waals surface area contributed by atoms with Crippen LogP contribution in [0.2, 0.25) is 0 Å². The number of imidazole rings is 1. The Labute approximate surface area is 171 Å². The van der Waals surface area contributed by atoms with E-state index in [9.17, 15) is 4.79 Å². The summed E-state index contributed by atoms with van der Waals surface area (Å²) < 4.78 is 7.87. The van der Waals surface area contributed by atoms with Crippen LogP contribution in [0, 0.1) is 11.8 Å². The van der Waals surface area contributed by atoms with Gasteiger partial charge in [0.2, 0.25) is 0 Å². The number of nitrogens with zero attached hydrogens (tertiary/aromatic N) is 4. The number of rotatable bonds is 7. The summed E-state index contributed by atoms with van der Waals surface area (Å²) in [6.07, 6.45) is 3.69. The van der Waals surface area contributed by atoms with Crippen LogP contribution in [0.4, 0.5) is 0 Å². The second-order valence-electron chi connectivity index (χ2n) is 8.18. The maximum atomic E-state index is 12.5. The van der Waals surface area contributed by atoms with Gasteiger partial charge in [0.25, 0.3) is 5.91 Å². The molecule has 152 valence electrons. The summed E-state index contributed by atoms with van der Waals surface area (Å²) in [7, 11) is 0. The Morgan fingerprint density at radius 1 is 1.21 bits per heavy atom. The van der Waals surface area contributed by atoms with Crippen LogP contribution in [-0.4, -0.2) is 45.0 Å². The van der Waals surface area contributed by atoms with Crippen molar-refractivity contribution in [2.75, 3.05) is 19.7 Å². The van der Waals surface area contributed by atoms with E-state index in [1.807, 2.05) is 53.6 Å². The van der Waals surface area contributed by atoms with Gasteiger partial charge < -0.3 is 14.2 Å². The Kier molecular flexibility index (Phi) is 5.79. The number of pyridine rings is 1. The highest BCUT2D eigenvalue weighted by Crippen LogP contribution is 2.24. The van der Waals surface area contributed by atoms with Crippen molar-refractivity contribution in [3.63, 3.8) is 0 Å². The van der Waals surface area contributed by atoms with Crippen LogP contribution in [0.25, 0.3) is 11.2 Å². The number of para-hydroxylation sites is 1. The van der Waals surface area contributed by atoms with Crippen LogP contribution < -0.4 is 4.74 Å². The van der Waals surface area contributed by atoms with E-state index in [4.69, 9.17) is 9.72 Å². The van der Waals surface area contributed by atoms with Crippen LogP contribution in [0.15, 0.2) is 48.7 Å². The van der Waals surface area contributed by atoms with Gasteiger partial charge in [0.1, 0.15) is 17.1 Å². The van der Waals surface area contributed by atoms with Crippen molar-refractivity contribution >= 4 is 17.1 Å². The number of amides is 1. The van der Waals surface area contributed by atoms with Crippen LogP contribution in [0.3, 0.4) is 0 Å². The van der Waals surface area contributed by atoms with Crippen molar-refractivity contribution in [3.05, 3.63) is 54.5 Å². The molecule has 1 fully saturated rings. The number of fused-ring (bicyclic) bond motifs is 1. The maximum Gasteiger partial charge on any atom is 0.260 e. The lowest BCUT2D eigenvalue weighted by atomic mass is 10.0. The first-order valence-corrected chi connectivity index (χ1v) is 10.4. The first-order valence-electron chi connectivity index (χ1n) is 10.4. The monoisotopic (exact) mass is 392 g/mol. The van der Waals surface area contributed by atoms with Crippen molar-refractivity contribution in [3.8, 4) is 5.75 Å². The quantitative estimate of drug-likeness (QED) is 0.617. The van der Waals surface area contributed by atoms with Gasteiger partial charge in [-0.2, -0.15) is 0 Å². The fourth-order valence-electron chi connectivity index (χ4n) is 3.96. The molecule has 0 saturated carbocycles. The molecule has 1 aromatic carbocycles. The SMILES string of the molecule is CC(C)Cn1c(C[C@@H]2CCN(C(=O)COc3ccccc3)C2)nc2cccnc21. The zero-order valence-corrected chi connectivity index (χ0v) is 17.1. The minimum atomic E-state index is 0.0497. The number of carbonyl (C=O) groups excluding carboxylic acids is 1. The molecule has 1 amide bonds. The van der Waals surface area contributed by atoms with E-state index in [2.05, 4.69) is 23.4 Å². The van der Waals surface area contributed by atoms with Crippen LogP contribution in [0.5, 0.6) is 5.75 Å². The predicted octanol–water partition coefficient (Wildman–Crippen LogP) is 3.56. The highest BCUT2D eigenvalue weighted by molar-refractivity contribution is 5.78. The second-order valence-corrected chi connectivity index (χ2v) is 8.18. The number of carbonyl (C=O) groups is 1. The zero-order valence-electron chi connectivity index (χ0n) is 17.1. The average molecular weight is 393 g/mol. The van der Waals surface area contributed by atoms with E-state index in [1.54, 1.807) is 0 Å². The van der Waals surface area contributed by atoms with Gasteiger partial charge in [-0.05, 0) is 42.5 Å². The molecular formula is C23H28N4O2. The molecule has 1 aliphatic heterocycles. The van der Waals surface area contributed by atoms with Crippen LogP contribution >= 0.6 is 0 Å². The highest BCUT2D eigenvalue weighted by atomic mass is 16.5. The van der Waals surface area contributed by atoms with Crippen LogP contribution in [0.1, 0.15) is 26.1 Å². The molecule has 0 aliphatic carbocycles. The minimum Gasteiger partial charge on any atom is -0.484 e. The number of hydrogen-bond acceptors (Lipinski definition) is 4. The summed E-state index contributed by atoms with van der Waals surface area (Å²) in [6, 6.07) is 13.4. The van der Waals surface area contributed by atoms with E-state index >= 15 is 0 Å². The first kappa shape index (κ1) is 19.4. The number of benzene rings is 1. The van der Waals surface area contributed by atoms with Crippen molar-refractivity contribution < 1.29 is 9.53 Å². The Morgan fingerprint density at radius 3 is 2.83 bits per heavy atom. The highest BCUT2D eigenvalue weighted by Gasteiger charge is 2.28. The van der Waals surface area contributed by atoms with Gasteiger partial charge in [0.15, 0.2) is 12.3 Å². The third-order valence-electron chi connectivity index (χ3n) is 5.35. The fourth-order valence-corrected chi connectivity index (χ4v) is 3.96. The average Bonchev–Trinajstić information content (AvgIpc) is 3.32. The molecule has 6 nitrogen and oxygen atoms in total. The molecule has 29 heavy (non-hydrogen) atoms. The molecular weight excluding hydrogens is 364 g/mol. The minimum absolute atomic E-state index is 0.0497. The van der Waals surface area contributed by atoms with Gasteiger partial charge in [0, 0.05) is 32.3 Å². The number of ether oxygens (including phenoxy) is 1. The van der Waals surface area contributed by atoms with E-state index in [0.717, 1.165) is 55.2 Å². The van der Waals surface area contributed by atoms with Gasteiger partial charge in [0.05, 0.1) is 0 Å². The standard InChI is InChI=1S/C23H28N4O2/c1-17(2)14-27-21(25-20-9-6-11-24-23(20)27)13-18-10-12-26(15-18)22(28)16-29-19-7-4-3-5-8-19/h3-9,11,17-18H,10,12-16H2,1-2H3/t18-/m0/s1. The molecule has 4 rings (SSSR count). The van der Waals surface area contributed by atoms with Gasteiger partial charge >= 0.3 is 0 Å². The Morgan fingerprint density at radius 2 is 2.03 bits per heavy atom. The molecule has 0 spiro atoms. The number of likely N-dealkylation sites (tertiary alicyclic amines) is 1. The molecule has 1 atom stereocenters. The van der Waals surface area contributed by atoms with Crippen molar-refractivity contribution in [2.24, 2.45) is 11.8 Å². The molecule has 0 N–H and O–H groups in total. The third kappa shape index (κ3) is 4.58. The lowest BCUT2D eigenvalue weighted by molar-refractivity contribution is -0.132. The molecule has 3 heterocycles. The van der Waals surface area contributed by atoms with Crippen molar-refractivity contribution in [1.82, 2.24) is 19.4 Å². The largest absolute Gasteiger partial charge is 0.484 e. The van der Waals surface area contributed by atoms with Gasteiger partial charge in [-0.1, -0.05) is 32.0 Å². The first-order chi connectivity index (χ1) is 14.1. The topological polar surface area (TPSA) is 60.2 Å². The smallest absolute Gasteiger partial charge is 0.260 e. The Hall–Kier alpha value is -2.89. The molecule has 1 saturated heterocycles. The summed E-state index contributed by atoms with van der Waals surface area (Å²) >= 11 is 0. The zero-order chi connectivity index (χ0) is 20.2. The lowest BCUT2D eigenvalue weighted by Crippen LogP contribution is -2.33. The van der Waals surface area contributed by atoms with E-state index in [1.165, 1.54) is 0 Å². The molecule has 6 heteroatoms. The second kappa shape index (κ2) is 8.64. The summed E-state index contributed by atoms with van der Waals surface area (Å²) in [5.74, 6) is 2.79. The number of aromatic nitrogens is 3. The maximum absolute atomic E-state index is 12.5. The van der Waals surface area contributed by atoms with E-state index in [-0.39, 0.29) is 12.5 Å².